The number of ether oxygens (including phenoxy) is 4. The molecule has 3 N–H and O–H groups in total. The number of carbonyl (C=O) groups is 4. The fourth-order valence-electron chi connectivity index (χ4n) is 9.49. The third kappa shape index (κ3) is 9.06. The van der Waals surface area contributed by atoms with Gasteiger partial charge in [-0.05, 0) is 112 Å². The highest BCUT2D eigenvalue weighted by molar-refractivity contribution is 7.91. The minimum atomic E-state index is -4.03. The van der Waals surface area contributed by atoms with Crippen LogP contribution < -0.4 is 29.0 Å². The molecule has 0 radical (unpaired) electrons. The number of pyridine rings is 1. The first-order valence-corrected chi connectivity index (χ1v) is 24.0. The number of amides is 4. The Morgan fingerprint density at radius 2 is 1.74 bits per heavy atom. The van der Waals surface area contributed by atoms with Crippen LogP contribution in [0.4, 0.5) is 13.6 Å². The number of hydrogen-bond donors (Lipinski definition) is 3. The average Bonchev–Trinajstić information content (AvgIpc) is 4.19. The summed E-state index contributed by atoms with van der Waals surface area (Å²) in [6.07, 6.45) is 2.93. The Balaban J connectivity index is 1.21. The number of benzene rings is 2. The molecule has 2 aromatic carbocycles. The van der Waals surface area contributed by atoms with Gasteiger partial charge in [0.1, 0.15) is 48.2 Å². The first-order chi connectivity index (χ1) is 31.1. The van der Waals surface area contributed by atoms with Crippen LogP contribution in [0.3, 0.4) is 0 Å². The van der Waals surface area contributed by atoms with Gasteiger partial charge in [0, 0.05) is 30.2 Å². The molecular formula is C47H57F2N5O11S. The van der Waals surface area contributed by atoms with Crippen molar-refractivity contribution in [1.29, 1.82) is 0 Å². The molecule has 8 rings (SSSR count). The molecule has 0 bridgehead atoms. The number of fused-ring (bicyclic) bond motifs is 4. The number of carboxylic acid groups (broad SMARTS) is 1. The van der Waals surface area contributed by atoms with E-state index in [1.807, 2.05) is 25.1 Å². The monoisotopic (exact) mass is 937 g/mol. The van der Waals surface area contributed by atoms with Crippen LogP contribution >= 0.6 is 0 Å². The Morgan fingerprint density at radius 1 is 1.02 bits per heavy atom. The summed E-state index contributed by atoms with van der Waals surface area (Å²) in [6.45, 7) is 6.76. The van der Waals surface area contributed by atoms with Gasteiger partial charge in [0.05, 0.1) is 24.6 Å². The van der Waals surface area contributed by atoms with E-state index < -0.39 is 86.1 Å². The van der Waals surface area contributed by atoms with Gasteiger partial charge < -0.3 is 34.3 Å². The number of halogens is 2. The van der Waals surface area contributed by atoms with Crippen LogP contribution in [-0.4, -0.2) is 119 Å². The maximum Gasteiger partial charge on any atom is 0.408 e. The number of sulfonamides is 1. The Kier molecular flexibility index (Phi) is 12.4. The van der Waals surface area contributed by atoms with Crippen molar-refractivity contribution < 1.29 is 60.4 Å². The number of carbonyl (C=O) groups excluding carboxylic acids is 3. The second-order valence-electron chi connectivity index (χ2n) is 19.1. The standard InChI is InChI=1S/C47H57F2N5O11S/c1-26-9-7-8-10-30-24-47(30,43(57)52-66(60,61)33-13-14-33)51-40(55)36-23-32(25-53(36)42(56)39(27(2)19-26)54(44(58)59)45(3,4)46(5,48)49)65-41-34-15-12-31(62-6)20-29(34)21-35(50-41)28-11-16-37-38(22-28)64-18-17-63-37/h8,10-12,15-16,20-22,26-27,30,32-33,36,39H,7,9,13-14,17-19,23-25H2,1-6H3,(H,51,55)(H,52,57)(H,58,59)/b10-8-/t26-,27-,30-,32-,36+,39+,47-/m1/s1. The van der Waals surface area contributed by atoms with Gasteiger partial charge in [0.15, 0.2) is 11.5 Å². The summed E-state index contributed by atoms with van der Waals surface area (Å²) in [5.74, 6) is -5.97. The predicted octanol–water partition coefficient (Wildman–Crippen LogP) is 6.31. The molecule has 3 fully saturated rings. The Labute approximate surface area is 382 Å². The first kappa shape index (κ1) is 46.8. The Hall–Kier alpha value is -5.72. The van der Waals surface area contributed by atoms with Crippen LogP contribution in [0, 0.1) is 17.8 Å². The summed E-state index contributed by atoms with van der Waals surface area (Å²) in [5, 5.41) is 14.1. The number of alkyl halides is 2. The van der Waals surface area contributed by atoms with E-state index in [-0.39, 0.29) is 37.6 Å². The van der Waals surface area contributed by atoms with Crippen LogP contribution in [-0.2, 0) is 24.4 Å². The van der Waals surface area contributed by atoms with Crippen molar-refractivity contribution in [2.24, 2.45) is 17.8 Å². The number of hydrogen-bond acceptors (Lipinski definition) is 11. The summed E-state index contributed by atoms with van der Waals surface area (Å²) in [5.41, 5.74) is -2.94. The van der Waals surface area contributed by atoms with Crippen molar-refractivity contribution in [2.45, 2.75) is 120 Å². The zero-order valence-electron chi connectivity index (χ0n) is 37.8. The van der Waals surface area contributed by atoms with Crippen LogP contribution in [0.15, 0.2) is 54.6 Å². The molecule has 4 heterocycles. The number of nitrogens with zero attached hydrogens (tertiary/aromatic N) is 3. The van der Waals surface area contributed by atoms with Gasteiger partial charge in [-0.15, -0.1) is 0 Å². The molecule has 16 nitrogen and oxygen atoms in total. The normalized spacial score (nSPS) is 27.6. The van der Waals surface area contributed by atoms with Crippen molar-refractivity contribution >= 4 is 44.6 Å². The molecular weight excluding hydrogens is 881 g/mol. The summed E-state index contributed by atoms with van der Waals surface area (Å²) < 4.78 is 83.1. The quantitative estimate of drug-likeness (QED) is 0.192. The van der Waals surface area contributed by atoms with E-state index in [4.69, 9.17) is 23.9 Å². The molecule has 66 heavy (non-hydrogen) atoms. The van der Waals surface area contributed by atoms with Gasteiger partial charge in [0.2, 0.25) is 27.7 Å². The molecule has 4 amide bonds. The second-order valence-corrected chi connectivity index (χ2v) is 21.0. The maximum atomic E-state index is 15.5. The van der Waals surface area contributed by atoms with Crippen molar-refractivity contribution in [3.63, 3.8) is 0 Å². The number of allylic oxidation sites excluding steroid dienone is 1. The van der Waals surface area contributed by atoms with Crippen LogP contribution in [0.25, 0.3) is 22.0 Å². The molecule has 1 saturated heterocycles. The molecule has 7 atom stereocenters. The lowest BCUT2D eigenvalue weighted by Gasteiger charge is -2.47. The molecule has 19 heteroatoms. The largest absolute Gasteiger partial charge is 0.497 e. The minimum absolute atomic E-state index is 0.0790. The van der Waals surface area contributed by atoms with E-state index in [1.165, 1.54) is 7.11 Å². The maximum absolute atomic E-state index is 15.5. The smallest absolute Gasteiger partial charge is 0.408 e. The fraction of sp³-hybridized carbons (Fsp3) is 0.553. The van der Waals surface area contributed by atoms with E-state index in [0.717, 1.165) is 18.7 Å². The lowest BCUT2D eigenvalue weighted by molar-refractivity contribution is -0.156. The van der Waals surface area contributed by atoms with Gasteiger partial charge in [0.25, 0.3) is 11.8 Å². The van der Waals surface area contributed by atoms with Gasteiger partial charge in [-0.2, -0.15) is 0 Å². The third-order valence-corrected chi connectivity index (χ3v) is 15.7. The van der Waals surface area contributed by atoms with Gasteiger partial charge in [-0.3, -0.25) is 24.0 Å². The SMILES string of the molecule is COc1ccc2c(O[C@@H]3C[C@H]4C(=O)N[C@]5(C(=O)NS(=O)(=O)C6CC6)C[C@H]5/C=C\CC[C@@H](C)C[C@@H](C)[C@H](N(C(=O)O)C(C)(C)C(C)(F)F)C(=O)N4C3)nc(-c3ccc4c(c3)OCCO4)cc2c1. The Morgan fingerprint density at radius 3 is 2.42 bits per heavy atom. The molecule has 0 spiro atoms. The molecule has 356 valence electrons. The van der Waals surface area contributed by atoms with E-state index in [0.29, 0.717) is 90.0 Å². The third-order valence-electron chi connectivity index (χ3n) is 13.9. The summed E-state index contributed by atoms with van der Waals surface area (Å²) in [7, 11) is -2.49. The van der Waals surface area contributed by atoms with E-state index in [1.54, 1.807) is 43.3 Å². The molecule has 3 aromatic rings. The van der Waals surface area contributed by atoms with Crippen molar-refractivity contribution in [3.8, 4) is 34.4 Å². The van der Waals surface area contributed by atoms with Crippen molar-refractivity contribution in [1.82, 2.24) is 24.8 Å². The minimum Gasteiger partial charge on any atom is -0.497 e. The number of aromatic nitrogens is 1. The molecule has 0 unspecified atom stereocenters. The van der Waals surface area contributed by atoms with E-state index >= 15 is 13.6 Å². The van der Waals surface area contributed by atoms with Gasteiger partial charge >= 0.3 is 6.09 Å². The van der Waals surface area contributed by atoms with Gasteiger partial charge in [-0.25, -0.2) is 27.0 Å². The van der Waals surface area contributed by atoms with Gasteiger partial charge in [-0.1, -0.05) is 26.0 Å². The number of methoxy groups -OCH3 is 1. The van der Waals surface area contributed by atoms with Crippen LogP contribution in [0.2, 0.25) is 0 Å². The summed E-state index contributed by atoms with van der Waals surface area (Å²) in [6, 6.07) is 9.39. The molecule has 1 aromatic heterocycles. The van der Waals surface area contributed by atoms with Crippen LogP contribution in [0.5, 0.6) is 23.1 Å². The molecule has 5 aliphatic rings. The average molecular weight is 938 g/mol. The summed E-state index contributed by atoms with van der Waals surface area (Å²) in [4.78, 5) is 64.1. The highest BCUT2D eigenvalue weighted by Crippen LogP contribution is 2.47. The lowest BCUT2D eigenvalue weighted by atomic mass is 9.84. The van der Waals surface area contributed by atoms with Crippen molar-refractivity contribution in [3.05, 3.63) is 54.6 Å². The summed E-state index contributed by atoms with van der Waals surface area (Å²) >= 11 is 0. The molecule has 2 saturated carbocycles. The first-order valence-electron chi connectivity index (χ1n) is 22.4. The van der Waals surface area contributed by atoms with E-state index in [2.05, 4.69) is 10.0 Å². The second kappa shape index (κ2) is 17.5. The Bertz CT molecular complexity index is 2570. The number of rotatable bonds is 10. The molecule has 3 aliphatic heterocycles. The topological polar surface area (TPSA) is 203 Å². The fourth-order valence-corrected chi connectivity index (χ4v) is 10.9. The zero-order chi connectivity index (χ0) is 47.5. The predicted molar refractivity (Wildman–Crippen MR) is 238 cm³/mol. The highest BCUT2D eigenvalue weighted by atomic mass is 32.2. The van der Waals surface area contributed by atoms with Crippen molar-refractivity contribution in [2.75, 3.05) is 26.9 Å². The highest BCUT2D eigenvalue weighted by Gasteiger charge is 2.63. The lowest BCUT2D eigenvalue weighted by Crippen LogP contribution is -2.66. The van der Waals surface area contributed by atoms with Crippen LogP contribution in [0.1, 0.15) is 79.6 Å². The number of nitrogens with one attached hydrogen (secondary N) is 2. The van der Waals surface area contributed by atoms with E-state index in [9.17, 15) is 27.9 Å². The zero-order valence-corrected chi connectivity index (χ0v) is 38.7. The molecule has 2 aliphatic carbocycles.